The number of fused-ring (bicyclic) bond motifs is 3. The Bertz CT molecular complexity index is 473. The van der Waals surface area contributed by atoms with Gasteiger partial charge in [-0.15, -0.1) is 0 Å². The van der Waals surface area contributed by atoms with Crippen LogP contribution in [0.2, 0.25) is 0 Å². The predicted octanol–water partition coefficient (Wildman–Crippen LogP) is 3.00. The van der Waals surface area contributed by atoms with Crippen LogP contribution in [-0.2, 0) is 4.74 Å². The Morgan fingerprint density at radius 1 is 1.27 bits per heavy atom. The second kappa shape index (κ2) is 2.89. The van der Waals surface area contributed by atoms with Crippen LogP contribution in [0.4, 0.5) is 5.69 Å². The van der Waals surface area contributed by atoms with Crippen LogP contribution in [0.1, 0.15) is 18.4 Å². The molecule has 0 N–H and O–H groups in total. The van der Waals surface area contributed by atoms with Crippen LogP contribution >= 0.6 is 0 Å². The van der Waals surface area contributed by atoms with Crippen LogP contribution in [0, 0.1) is 0 Å². The second-order valence-electron chi connectivity index (χ2n) is 3.98. The average Bonchev–Trinajstić information content (AvgIpc) is 2.55. The molecule has 76 valence electrons. The van der Waals surface area contributed by atoms with Gasteiger partial charge in [0, 0.05) is 12.7 Å². The molecule has 1 aromatic carbocycles. The maximum atomic E-state index is 5.45. The molecule has 2 heterocycles. The molecule has 3 rings (SSSR count). The molecule has 2 heteroatoms. The lowest BCUT2D eigenvalue weighted by molar-refractivity contribution is 0.333. The van der Waals surface area contributed by atoms with Crippen molar-refractivity contribution in [1.82, 2.24) is 0 Å². The molecule has 2 aliphatic rings. The number of hydrogen-bond acceptors (Lipinski definition) is 2. The van der Waals surface area contributed by atoms with Crippen molar-refractivity contribution in [1.29, 1.82) is 0 Å². The average molecular weight is 199 g/mol. The Morgan fingerprint density at radius 2 is 2.07 bits per heavy atom. The Labute approximate surface area is 89.5 Å². The number of rotatable bonds is 0. The molecule has 0 bridgehead atoms. The van der Waals surface area contributed by atoms with Gasteiger partial charge < -0.3 is 9.64 Å². The first kappa shape index (κ1) is 8.60. The van der Waals surface area contributed by atoms with Crippen molar-refractivity contribution >= 4 is 5.69 Å². The minimum absolute atomic E-state index is 0.375. The fraction of sp³-hybridized carbons (Fsp3) is 0.231. The van der Waals surface area contributed by atoms with E-state index in [4.69, 9.17) is 4.74 Å². The number of nitrogens with zero attached hydrogens (tertiary/aromatic N) is 1. The summed E-state index contributed by atoms with van der Waals surface area (Å²) in [7, 11) is 2.10. The van der Waals surface area contributed by atoms with Gasteiger partial charge in [0.1, 0.15) is 5.76 Å². The highest BCUT2D eigenvalue weighted by molar-refractivity contribution is 5.69. The minimum Gasteiger partial charge on any atom is -0.468 e. The third-order valence-corrected chi connectivity index (χ3v) is 3.17. The van der Waals surface area contributed by atoms with Gasteiger partial charge in [0.2, 0.25) is 0 Å². The zero-order valence-electron chi connectivity index (χ0n) is 8.90. The zero-order valence-corrected chi connectivity index (χ0v) is 8.90. The van der Waals surface area contributed by atoms with Crippen LogP contribution < -0.4 is 4.90 Å². The Hall–Kier alpha value is -1.70. The highest BCUT2D eigenvalue weighted by Crippen LogP contribution is 2.45. The van der Waals surface area contributed by atoms with E-state index in [1.807, 2.05) is 6.92 Å². The summed E-state index contributed by atoms with van der Waals surface area (Å²) >= 11 is 0. The highest BCUT2D eigenvalue weighted by Gasteiger charge is 2.33. The summed E-state index contributed by atoms with van der Waals surface area (Å²) in [5.74, 6) is 1.38. The van der Waals surface area contributed by atoms with Crippen LogP contribution in [0.5, 0.6) is 0 Å². The monoisotopic (exact) mass is 199 g/mol. The van der Waals surface area contributed by atoms with Gasteiger partial charge in [-0.2, -0.15) is 0 Å². The van der Waals surface area contributed by atoms with E-state index < -0.39 is 0 Å². The standard InChI is InChI=1S/C13H13NO/c1-9-13-11(7-8-15-9)10-5-3-4-6-12(10)14(13)2/h3-8,11H,1-2H3. The lowest BCUT2D eigenvalue weighted by atomic mass is 9.97. The number of likely N-dealkylation sites (N-methyl/N-ethyl adjacent to an activating group) is 1. The lowest BCUT2D eigenvalue weighted by Gasteiger charge is -2.21. The van der Waals surface area contributed by atoms with E-state index in [0.717, 1.165) is 5.76 Å². The number of para-hydroxylation sites is 1. The van der Waals surface area contributed by atoms with E-state index in [2.05, 4.69) is 42.3 Å². The Kier molecular flexibility index (Phi) is 1.66. The number of hydrogen-bond donors (Lipinski definition) is 0. The first-order valence-corrected chi connectivity index (χ1v) is 5.16. The summed E-state index contributed by atoms with van der Waals surface area (Å²) < 4.78 is 5.45. The Morgan fingerprint density at radius 3 is 2.93 bits per heavy atom. The molecule has 0 fully saturated rings. The topological polar surface area (TPSA) is 12.5 Å². The lowest BCUT2D eigenvalue weighted by Crippen LogP contribution is -2.16. The molecular formula is C13H13NO. The first-order valence-electron chi connectivity index (χ1n) is 5.16. The molecule has 0 aromatic heterocycles. The zero-order chi connectivity index (χ0) is 10.4. The normalized spacial score (nSPS) is 22.5. The van der Waals surface area contributed by atoms with Gasteiger partial charge >= 0.3 is 0 Å². The van der Waals surface area contributed by atoms with Crippen molar-refractivity contribution < 1.29 is 4.74 Å². The third kappa shape index (κ3) is 1.05. The summed E-state index contributed by atoms with van der Waals surface area (Å²) in [6, 6.07) is 8.51. The van der Waals surface area contributed by atoms with Gasteiger partial charge in [-0.05, 0) is 24.6 Å². The van der Waals surface area contributed by atoms with E-state index in [1.54, 1.807) is 6.26 Å². The van der Waals surface area contributed by atoms with E-state index >= 15 is 0 Å². The maximum Gasteiger partial charge on any atom is 0.120 e. The van der Waals surface area contributed by atoms with Gasteiger partial charge in [0.05, 0.1) is 17.9 Å². The summed E-state index contributed by atoms with van der Waals surface area (Å²) in [5, 5.41) is 0. The smallest absolute Gasteiger partial charge is 0.120 e. The first-order chi connectivity index (χ1) is 7.29. The van der Waals surface area contributed by atoms with Crippen molar-refractivity contribution in [3.63, 3.8) is 0 Å². The molecule has 1 unspecified atom stereocenters. The molecule has 0 saturated carbocycles. The van der Waals surface area contributed by atoms with Crippen molar-refractivity contribution in [3.8, 4) is 0 Å². The van der Waals surface area contributed by atoms with E-state index in [9.17, 15) is 0 Å². The van der Waals surface area contributed by atoms with Crippen LogP contribution in [0.3, 0.4) is 0 Å². The van der Waals surface area contributed by atoms with Crippen LogP contribution in [0.25, 0.3) is 0 Å². The quantitative estimate of drug-likeness (QED) is 0.637. The molecule has 1 atom stereocenters. The fourth-order valence-corrected chi connectivity index (χ4v) is 2.47. The molecule has 0 amide bonds. The fourth-order valence-electron chi connectivity index (χ4n) is 2.47. The number of ether oxygens (including phenoxy) is 1. The largest absolute Gasteiger partial charge is 0.468 e. The van der Waals surface area contributed by atoms with E-state index in [-0.39, 0.29) is 0 Å². The predicted molar refractivity (Wildman–Crippen MR) is 60.5 cm³/mol. The van der Waals surface area contributed by atoms with Crippen LogP contribution in [0.15, 0.2) is 48.1 Å². The van der Waals surface area contributed by atoms with Crippen LogP contribution in [-0.4, -0.2) is 7.05 Å². The number of allylic oxidation sites excluding steroid dienone is 2. The third-order valence-electron chi connectivity index (χ3n) is 3.17. The second-order valence-corrected chi connectivity index (χ2v) is 3.98. The maximum absolute atomic E-state index is 5.45. The number of anilines is 1. The molecule has 2 nitrogen and oxygen atoms in total. The van der Waals surface area contributed by atoms with Gasteiger partial charge in [-0.1, -0.05) is 18.2 Å². The molecule has 1 aromatic rings. The molecule has 15 heavy (non-hydrogen) atoms. The molecule has 0 aliphatic carbocycles. The van der Waals surface area contributed by atoms with Gasteiger partial charge in [-0.3, -0.25) is 0 Å². The van der Waals surface area contributed by atoms with Gasteiger partial charge in [0.15, 0.2) is 0 Å². The number of benzene rings is 1. The molecular weight excluding hydrogens is 186 g/mol. The van der Waals surface area contributed by atoms with Crippen molar-refractivity contribution in [2.75, 3.05) is 11.9 Å². The molecule has 2 aliphatic heterocycles. The summed E-state index contributed by atoms with van der Waals surface area (Å²) in [4.78, 5) is 2.22. The molecule has 0 saturated heterocycles. The summed E-state index contributed by atoms with van der Waals surface area (Å²) in [6.45, 7) is 2.02. The van der Waals surface area contributed by atoms with Crippen molar-refractivity contribution in [3.05, 3.63) is 53.6 Å². The summed E-state index contributed by atoms with van der Waals surface area (Å²) in [5.41, 5.74) is 3.92. The highest BCUT2D eigenvalue weighted by atomic mass is 16.5. The SMILES string of the molecule is CC1=C2C(C=CO1)c1ccccc1N2C. The van der Waals surface area contributed by atoms with E-state index in [0.29, 0.717) is 5.92 Å². The van der Waals surface area contributed by atoms with Crippen molar-refractivity contribution in [2.24, 2.45) is 0 Å². The van der Waals surface area contributed by atoms with E-state index in [1.165, 1.54) is 16.9 Å². The minimum atomic E-state index is 0.375. The van der Waals surface area contributed by atoms with Gasteiger partial charge in [-0.25, -0.2) is 0 Å². The molecule has 0 radical (unpaired) electrons. The van der Waals surface area contributed by atoms with Gasteiger partial charge in [0.25, 0.3) is 0 Å². The molecule has 0 spiro atoms. The Balaban J connectivity index is 2.23. The summed E-state index contributed by atoms with van der Waals surface area (Å²) in [6.07, 6.45) is 3.91. The van der Waals surface area contributed by atoms with Crippen molar-refractivity contribution in [2.45, 2.75) is 12.8 Å².